The molecule has 0 spiro atoms. The van der Waals surface area contributed by atoms with E-state index in [9.17, 15) is 9.59 Å². The number of hydrogen-bond donors (Lipinski definition) is 0. The monoisotopic (exact) mass is 336 g/mol. The first kappa shape index (κ1) is 17.2. The summed E-state index contributed by atoms with van der Waals surface area (Å²) in [7, 11) is 0. The third-order valence-electron chi connectivity index (χ3n) is 4.89. The van der Waals surface area contributed by atoms with Crippen LogP contribution in [0.5, 0.6) is 0 Å². The van der Waals surface area contributed by atoms with Gasteiger partial charge in [-0.05, 0) is 61.6 Å². The molecule has 0 saturated heterocycles. The molecule has 0 saturated carbocycles. The van der Waals surface area contributed by atoms with Gasteiger partial charge in [0, 0.05) is 24.8 Å². The fourth-order valence-electron chi connectivity index (χ4n) is 3.29. The first-order chi connectivity index (χ1) is 12.0. The Kier molecular flexibility index (Phi) is 4.88. The van der Waals surface area contributed by atoms with E-state index in [0.717, 1.165) is 29.8 Å². The van der Waals surface area contributed by atoms with Gasteiger partial charge in [0.15, 0.2) is 0 Å². The molecule has 4 heteroatoms. The number of fused-ring (bicyclic) bond motifs is 1. The first-order valence-electron chi connectivity index (χ1n) is 8.71. The van der Waals surface area contributed by atoms with Crippen molar-refractivity contribution in [3.63, 3.8) is 0 Å². The first-order valence-corrected chi connectivity index (χ1v) is 8.71. The van der Waals surface area contributed by atoms with Gasteiger partial charge in [0.2, 0.25) is 11.8 Å². The van der Waals surface area contributed by atoms with Crippen molar-refractivity contribution in [1.29, 1.82) is 0 Å². The van der Waals surface area contributed by atoms with Gasteiger partial charge in [-0.15, -0.1) is 0 Å². The molecule has 0 aromatic heterocycles. The zero-order chi connectivity index (χ0) is 18.0. The minimum Gasteiger partial charge on any atom is -0.311 e. The number of rotatable bonds is 3. The van der Waals surface area contributed by atoms with E-state index in [0.29, 0.717) is 6.54 Å². The van der Waals surface area contributed by atoms with Gasteiger partial charge in [0.05, 0.1) is 0 Å². The van der Waals surface area contributed by atoms with Crippen LogP contribution in [0.4, 0.5) is 11.4 Å². The van der Waals surface area contributed by atoms with Crippen LogP contribution in [-0.4, -0.2) is 24.9 Å². The molecule has 130 valence electrons. The fraction of sp³-hybridized carbons (Fsp3) is 0.333. The maximum Gasteiger partial charge on any atom is 0.247 e. The molecule has 0 radical (unpaired) electrons. The Hall–Kier alpha value is -2.62. The van der Waals surface area contributed by atoms with Gasteiger partial charge < -0.3 is 9.80 Å². The molecule has 0 aliphatic carbocycles. The van der Waals surface area contributed by atoms with E-state index < -0.39 is 0 Å². The largest absolute Gasteiger partial charge is 0.311 e. The average molecular weight is 336 g/mol. The van der Waals surface area contributed by atoms with Crippen molar-refractivity contribution < 1.29 is 9.59 Å². The second-order valence-corrected chi connectivity index (χ2v) is 6.65. The zero-order valence-electron chi connectivity index (χ0n) is 15.1. The lowest BCUT2D eigenvalue weighted by Gasteiger charge is -2.31. The Bertz CT molecular complexity index is 813. The highest BCUT2D eigenvalue weighted by Crippen LogP contribution is 2.27. The molecule has 0 bridgehead atoms. The summed E-state index contributed by atoms with van der Waals surface area (Å²) in [6.07, 6.45) is 1.94. The van der Waals surface area contributed by atoms with Crippen LogP contribution < -0.4 is 9.80 Å². The summed E-state index contributed by atoms with van der Waals surface area (Å²) in [5.41, 5.74) is 5.22. The number of carbonyl (C=O) groups is 2. The normalized spacial score (nSPS) is 13.3. The third-order valence-corrected chi connectivity index (χ3v) is 4.89. The number of amides is 2. The molecule has 4 nitrogen and oxygen atoms in total. The summed E-state index contributed by atoms with van der Waals surface area (Å²) in [5.74, 6) is -0.164. The van der Waals surface area contributed by atoms with Gasteiger partial charge in [0.1, 0.15) is 6.54 Å². The standard InChI is InChI=1S/C21H24N2O2/c1-15-10-11-19(13-16(15)2)23(17(3)24)14-21(25)22-12-6-8-18-7-4-5-9-20(18)22/h4-5,7,9-11,13H,6,8,12,14H2,1-3H3. The average Bonchev–Trinajstić information content (AvgIpc) is 2.61. The van der Waals surface area contributed by atoms with Crippen molar-refractivity contribution in [2.45, 2.75) is 33.6 Å². The molecule has 0 fully saturated rings. The Labute approximate surface area is 149 Å². The van der Waals surface area contributed by atoms with E-state index in [2.05, 4.69) is 6.07 Å². The Balaban J connectivity index is 1.85. The highest BCUT2D eigenvalue weighted by Gasteiger charge is 2.25. The maximum absolute atomic E-state index is 12.9. The van der Waals surface area contributed by atoms with Crippen LogP contribution in [0.25, 0.3) is 0 Å². The Morgan fingerprint density at radius 3 is 2.56 bits per heavy atom. The summed E-state index contributed by atoms with van der Waals surface area (Å²) < 4.78 is 0. The zero-order valence-corrected chi connectivity index (χ0v) is 15.1. The Morgan fingerprint density at radius 2 is 1.84 bits per heavy atom. The molecule has 0 atom stereocenters. The number of anilines is 2. The van der Waals surface area contributed by atoms with Crippen LogP contribution in [0.3, 0.4) is 0 Å². The van der Waals surface area contributed by atoms with E-state index in [-0.39, 0.29) is 18.4 Å². The number of para-hydroxylation sites is 1. The second-order valence-electron chi connectivity index (χ2n) is 6.65. The second kappa shape index (κ2) is 7.09. The molecule has 2 aromatic rings. The van der Waals surface area contributed by atoms with Gasteiger partial charge >= 0.3 is 0 Å². The molecule has 0 N–H and O–H groups in total. The predicted molar refractivity (Wildman–Crippen MR) is 101 cm³/mol. The summed E-state index contributed by atoms with van der Waals surface area (Å²) in [6.45, 7) is 6.32. The van der Waals surface area contributed by atoms with Gasteiger partial charge in [0.25, 0.3) is 0 Å². The van der Waals surface area contributed by atoms with E-state index in [1.807, 2.05) is 55.1 Å². The number of nitrogens with zero attached hydrogens (tertiary/aromatic N) is 2. The van der Waals surface area contributed by atoms with Crippen LogP contribution in [0.15, 0.2) is 42.5 Å². The van der Waals surface area contributed by atoms with Gasteiger partial charge in [-0.1, -0.05) is 24.3 Å². The topological polar surface area (TPSA) is 40.6 Å². The Morgan fingerprint density at radius 1 is 1.08 bits per heavy atom. The lowest BCUT2D eigenvalue weighted by Crippen LogP contribution is -2.44. The number of benzene rings is 2. The quantitative estimate of drug-likeness (QED) is 0.859. The molecule has 3 rings (SSSR count). The van der Waals surface area contributed by atoms with Crippen molar-refractivity contribution in [2.75, 3.05) is 22.9 Å². The fourth-order valence-corrected chi connectivity index (χ4v) is 3.29. The SMILES string of the molecule is CC(=O)N(CC(=O)N1CCCc2ccccc21)c1ccc(C)c(C)c1. The van der Waals surface area contributed by atoms with Gasteiger partial charge in [-0.25, -0.2) is 0 Å². The van der Waals surface area contributed by atoms with E-state index in [4.69, 9.17) is 0 Å². The highest BCUT2D eigenvalue weighted by atomic mass is 16.2. The van der Waals surface area contributed by atoms with E-state index in [1.165, 1.54) is 18.1 Å². The molecule has 1 aliphatic rings. The van der Waals surface area contributed by atoms with Crippen molar-refractivity contribution in [1.82, 2.24) is 0 Å². The molecule has 1 aliphatic heterocycles. The van der Waals surface area contributed by atoms with Crippen molar-refractivity contribution >= 4 is 23.2 Å². The molecule has 25 heavy (non-hydrogen) atoms. The minimum atomic E-state index is -0.123. The van der Waals surface area contributed by atoms with E-state index >= 15 is 0 Å². The van der Waals surface area contributed by atoms with Crippen LogP contribution in [0, 0.1) is 13.8 Å². The number of hydrogen-bond acceptors (Lipinski definition) is 2. The van der Waals surface area contributed by atoms with Crippen LogP contribution >= 0.6 is 0 Å². The third kappa shape index (κ3) is 3.58. The van der Waals surface area contributed by atoms with Crippen LogP contribution in [0.2, 0.25) is 0 Å². The molecule has 2 amide bonds. The van der Waals surface area contributed by atoms with Gasteiger partial charge in [-0.2, -0.15) is 0 Å². The maximum atomic E-state index is 12.9. The number of carbonyl (C=O) groups excluding carboxylic acids is 2. The summed E-state index contributed by atoms with van der Waals surface area (Å²) >= 11 is 0. The highest BCUT2D eigenvalue weighted by molar-refractivity contribution is 6.03. The van der Waals surface area contributed by atoms with Crippen molar-refractivity contribution in [2.24, 2.45) is 0 Å². The predicted octanol–water partition coefficient (Wildman–Crippen LogP) is 3.64. The molecule has 1 heterocycles. The lowest BCUT2D eigenvalue weighted by molar-refractivity contribution is -0.121. The molecular formula is C21H24N2O2. The smallest absolute Gasteiger partial charge is 0.247 e. The van der Waals surface area contributed by atoms with Crippen molar-refractivity contribution in [3.8, 4) is 0 Å². The number of aryl methyl sites for hydroxylation is 3. The summed E-state index contributed by atoms with van der Waals surface area (Å²) in [4.78, 5) is 28.5. The van der Waals surface area contributed by atoms with Crippen molar-refractivity contribution in [3.05, 3.63) is 59.2 Å². The minimum absolute atomic E-state index is 0.0411. The molecule has 2 aromatic carbocycles. The van der Waals surface area contributed by atoms with Gasteiger partial charge in [-0.3, -0.25) is 9.59 Å². The molecular weight excluding hydrogens is 312 g/mol. The van der Waals surface area contributed by atoms with Crippen LogP contribution in [-0.2, 0) is 16.0 Å². The van der Waals surface area contributed by atoms with Crippen LogP contribution in [0.1, 0.15) is 30.0 Å². The van der Waals surface area contributed by atoms with E-state index in [1.54, 1.807) is 4.90 Å². The summed E-state index contributed by atoms with van der Waals surface area (Å²) in [5, 5.41) is 0. The summed E-state index contributed by atoms with van der Waals surface area (Å²) in [6, 6.07) is 13.9. The lowest BCUT2D eigenvalue weighted by atomic mass is 10.0. The molecule has 0 unspecified atom stereocenters.